The highest BCUT2D eigenvalue weighted by atomic mass is 32.1. The summed E-state index contributed by atoms with van der Waals surface area (Å²) >= 11 is 1.35. The number of amides is 1. The highest BCUT2D eigenvalue weighted by molar-refractivity contribution is 7.12. The SMILES string of the molecule is CCC(CCNC(=O)c1cc(OC)cs1)CCC(=O)O. The molecule has 0 aliphatic heterocycles. The quantitative estimate of drug-likeness (QED) is 0.735. The molecule has 2 N–H and O–H groups in total. The second-order valence-corrected chi connectivity index (χ2v) is 5.51. The van der Waals surface area contributed by atoms with Gasteiger partial charge in [0.2, 0.25) is 0 Å². The van der Waals surface area contributed by atoms with Gasteiger partial charge >= 0.3 is 5.97 Å². The van der Waals surface area contributed by atoms with Crippen molar-refractivity contribution in [1.29, 1.82) is 0 Å². The summed E-state index contributed by atoms with van der Waals surface area (Å²) in [5.74, 6) is 0.155. The van der Waals surface area contributed by atoms with E-state index in [0.29, 0.717) is 29.5 Å². The van der Waals surface area contributed by atoms with E-state index in [0.717, 1.165) is 12.8 Å². The van der Waals surface area contributed by atoms with Gasteiger partial charge in [-0.15, -0.1) is 11.3 Å². The molecular formula is C14H21NO4S. The summed E-state index contributed by atoms with van der Waals surface area (Å²) in [6.45, 7) is 2.61. The molecule has 0 radical (unpaired) electrons. The zero-order valence-electron chi connectivity index (χ0n) is 11.8. The summed E-state index contributed by atoms with van der Waals surface area (Å²) in [5, 5.41) is 13.3. The van der Waals surface area contributed by atoms with Crippen LogP contribution in [0.5, 0.6) is 5.75 Å². The van der Waals surface area contributed by atoms with Crippen LogP contribution in [0.2, 0.25) is 0 Å². The minimum atomic E-state index is -0.766. The molecule has 0 saturated carbocycles. The summed E-state index contributed by atoms with van der Waals surface area (Å²) in [5.41, 5.74) is 0. The smallest absolute Gasteiger partial charge is 0.303 e. The Labute approximate surface area is 123 Å². The van der Waals surface area contributed by atoms with E-state index in [-0.39, 0.29) is 12.3 Å². The number of carbonyl (C=O) groups excluding carboxylic acids is 1. The van der Waals surface area contributed by atoms with E-state index in [2.05, 4.69) is 5.32 Å². The van der Waals surface area contributed by atoms with Crippen molar-refractivity contribution < 1.29 is 19.4 Å². The van der Waals surface area contributed by atoms with E-state index in [4.69, 9.17) is 9.84 Å². The third-order valence-electron chi connectivity index (χ3n) is 3.22. The van der Waals surface area contributed by atoms with E-state index in [9.17, 15) is 9.59 Å². The van der Waals surface area contributed by atoms with Crippen LogP contribution < -0.4 is 10.1 Å². The predicted molar refractivity (Wildman–Crippen MR) is 78.5 cm³/mol. The topological polar surface area (TPSA) is 75.6 Å². The number of carbonyl (C=O) groups is 2. The van der Waals surface area contributed by atoms with Crippen LogP contribution in [0, 0.1) is 5.92 Å². The maximum absolute atomic E-state index is 11.9. The molecule has 0 aliphatic carbocycles. The fourth-order valence-corrected chi connectivity index (χ4v) is 2.67. The first-order valence-electron chi connectivity index (χ1n) is 6.69. The van der Waals surface area contributed by atoms with Gasteiger partial charge in [0, 0.05) is 24.4 Å². The van der Waals surface area contributed by atoms with Gasteiger partial charge in [-0.25, -0.2) is 0 Å². The van der Waals surface area contributed by atoms with Gasteiger partial charge in [0.1, 0.15) is 5.75 Å². The molecule has 0 aliphatic rings. The molecule has 20 heavy (non-hydrogen) atoms. The minimum Gasteiger partial charge on any atom is -0.496 e. The number of carboxylic acids is 1. The summed E-state index contributed by atoms with van der Waals surface area (Å²) in [6.07, 6.45) is 2.58. The molecule has 1 rings (SSSR count). The van der Waals surface area contributed by atoms with Crippen LogP contribution in [0.4, 0.5) is 0 Å². The lowest BCUT2D eigenvalue weighted by Crippen LogP contribution is -2.25. The van der Waals surface area contributed by atoms with E-state index in [1.54, 1.807) is 18.6 Å². The van der Waals surface area contributed by atoms with E-state index < -0.39 is 5.97 Å². The molecule has 5 nitrogen and oxygen atoms in total. The molecule has 0 saturated heterocycles. The zero-order chi connectivity index (χ0) is 15.0. The third-order valence-corrected chi connectivity index (χ3v) is 4.12. The Bertz CT molecular complexity index is 444. The number of hydrogen-bond acceptors (Lipinski definition) is 4. The summed E-state index contributed by atoms with van der Waals surface area (Å²) in [7, 11) is 1.57. The Morgan fingerprint density at radius 2 is 2.20 bits per heavy atom. The molecule has 0 fully saturated rings. The van der Waals surface area contributed by atoms with Crippen LogP contribution in [-0.2, 0) is 4.79 Å². The van der Waals surface area contributed by atoms with Gasteiger partial charge in [0.15, 0.2) is 0 Å². The molecule has 1 aromatic heterocycles. The molecule has 1 aromatic rings. The standard InChI is InChI=1S/C14H21NO4S/c1-3-10(4-5-13(16)17)6-7-15-14(18)12-8-11(19-2)9-20-12/h8-10H,3-7H2,1-2H3,(H,15,18)(H,16,17). The molecule has 1 unspecified atom stereocenters. The third kappa shape index (κ3) is 5.61. The molecule has 1 atom stereocenters. The van der Waals surface area contributed by atoms with Crippen LogP contribution in [-0.4, -0.2) is 30.6 Å². The summed E-state index contributed by atoms with van der Waals surface area (Å²) in [4.78, 5) is 23.0. The zero-order valence-corrected chi connectivity index (χ0v) is 12.7. The Balaban J connectivity index is 2.31. The van der Waals surface area contributed by atoms with E-state index >= 15 is 0 Å². The first kappa shape index (κ1) is 16.5. The second kappa shape index (κ2) is 8.58. The number of carboxylic acid groups (broad SMARTS) is 1. The minimum absolute atomic E-state index is 0.105. The number of aliphatic carboxylic acids is 1. The monoisotopic (exact) mass is 299 g/mol. The van der Waals surface area contributed by atoms with Gasteiger partial charge in [-0.2, -0.15) is 0 Å². The second-order valence-electron chi connectivity index (χ2n) is 4.60. The average Bonchev–Trinajstić information content (AvgIpc) is 2.91. The highest BCUT2D eigenvalue weighted by Gasteiger charge is 2.12. The molecule has 0 bridgehead atoms. The summed E-state index contributed by atoms with van der Waals surface area (Å²) < 4.78 is 5.03. The van der Waals surface area contributed by atoms with Crippen LogP contribution >= 0.6 is 11.3 Å². The molecule has 0 aromatic carbocycles. The number of hydrogen-bond donors (Lipinski definition) is 2. The Morgan fingerprint density at radius 3 is 2.75 bits per heavy atom. The Kier molecular flexibility index (Phi) is 7.08. The maximum Gasteiger partial charge on any atom is 0.303 e. The largest absolute Gasteiger partial charge is 0.496 e. The predicted octanol–water partition coefficient (Wildman–Crippen LogP) is 2.77. The van der Waals surface area contributed by atoms with Crippen molar-refractivity contribution in [1.82, 2.24) is 5.32 Å². The number of nitrogens with one attached hydrogen (secondary N) is 1. The van der Waals surface area contributed by atoms with E-state index in [1.165, 1.54) is 11.3 Å². The van der Waals surface area contributed by atoms with Gasteiger partial charge < -0.3 is 15.2 Å². The first-order chi connectivity index (χ1) is 9.56. The van der Waals surface area contributed by atoms with Gasteiger partial charge in [-0.1, -0.05) is 13.3 Å². The number of rotatable bonds is 9. The number of ether oxygens (including phenoxy) is 1. The van der Waals surface area contributed by atoms with Crippen LogP contribution in [0.25, 0.3) is 0 Å². The van der Waals surface area contributed by atoms with Crippen molar-refractivity contribution in [2.45, 2.75) is 32.6 Å². The highest BCUT2D eigenvalue weighted by Crippen LogP contribution is 2.21. The number of methoxy groups -OCH3 is 1. The Morgan fingerprint density at radius 1 is 1.45 bits per heavy atom. The fourth-order valence-electron chi connectivity index (χ4n) is 1.90. The lowest BCUT2D eigenvalue weighted by molar-refractivity contribution is -0.137. The normalized spacial score (nSPS) is 11.9. The van der Waals surface area contributed by atoms with Crippen molar-refractivity contribution in [2.75, 3.05) is 13.7 Å². The maximum atomic E-state index is 11.9. The van der Waals surface area contributed by atoms with Crippen LogP contribution in [0.1, 0.15) is 42.3 Å². The van der Waals surface area contributed by atoms with Gasteiger partial charge in [-0.05, 0) is 18.8 Å². The molecular weight excluding hydrogens is 278 g/mol. The molecule has 112 valence electrons. The van der Waals surface area contributed by atoms with Crippen molar-refractivity contribution in [2.24, 2.45) is 5.92 Å². The lowest BCUT2D eigenvalue weighted by Gasteiger charge is -2.13. The first-order valence-corrected chi connectivity index (χ1v) is 7.57. The molecule has 1 heterocycles. The molecule has 0 spiro atoms. The van der Waals surface area contributed by atoms with Crippen LogP contribution in [0.3, 0.4) is 0 Å². The Hall–Kier alpha value is -1.56. The van der Waals surface area contributed by atoms with Crippen LogP contribution in [0.15, 0.2) is 11.4 Å². The van der Waals surface area contributed by atoms with E-state index in [1.807, 2.05) is 6.92 Å². The van der Waals surface area contributed by atoms with Gasteiger partial charge in [0.25, 0.3) is 5.91 Å². The lowest BCUT2D eigenvalue weighted by atomic mass is 9.97. The molecule has 6 heteroatoms. The van der Waals surface area contributed by atoms with Gasteiger partial charge in [-0.3, -0.25) is 9.59 Å². The van der Waals surface area contributed by atoms with Crippen molar-refractivity contribution >= 4 is 23.2 Å². The van der Waals surface area contributed by atoms with Gasteiger partial charge in [0.05, 0.1) is 12.0 Å². The number of thiophene rings is 1. The van der Waals surface area contributed by atoms with Crippen molar-refractivity contribution in [3.8, 4) is 5.75 Å². The fraction of sp³-hybridized carbons (Fsp3) is 0.571. The van der Waals surface area contributed by atoms with Crippen molar-refractivity contribution in [3.63, 3.8) is 0 Å². The molecule has 1 amide bonds. The summed E-state index contributed by atoms with van der Waals surface area (Å²) in [6, 6.07) is 1.71. The average molecular weight is 299 g/mol. The van der Waals surface area contributed by atoms with Crippen molar-refractivity contribution in [3.05, 3.63) is 16.3 Å².